The first-order chi connectivity index (χ1) is 6.83. The summed E-state index contributed by atoms with van der Waals surface area (Å²) in [5, 5.41) is 0. The van der Waals surface area contributed by atoms with E-state index in [1.807, 2.05) is 38.1 Å². The second-order valence-corrected chi connectivity index (χ2v) is 3.60. The van der Waals surface area contributed by atoms with E-state index in [-0.39, 0.29) is 5.71 Å². The molecule has 0 spiro atoms. The molecule has 0 aromatic heterocycles. The van der Waals surface area contributed by atoms with Gasteiger partial charge in [-0.2, -0.15) is 0 Å². The quantitative estimate of drug-likeness (QED) is 0.556. The molecule has 0 bridgehead atoms. The van der Waals surface area contributed by atoms with Crippen molar-refractivity contribution in [3.05, 3.63) is 29.8 Å². The van der Waals surface area contributed by atoms with E-state index in [0.29, 0.717) is 0 Å². The van der Waals surface area contributed by atoms with Gasteiger partial charge in [0.25, 0.3) is 0 Å². The van der Waals surface area contributed by atoms with Crippen LogP contribution in [0.2, 0.25) is 0 Å². The van der Waals surface area contributed by atoms with Gasteiger partial charge in [-0.25, -0.2) is 0 Å². The van der Waals surface area contributed by atoms with Crippen LogP contribution in [0.25, 0.3) is 0 Å². The molecule has 1 heterocycles. The van der Waals surface area contributed by atoms with Crippen molar-refractivity contribution in [2.45, 2.75) is 26.1 Å². The summed E-state index contributed by atoms with van der Waals surface area (Å²) < 4.78 is 22.4. The van der Waals surface area contributed by atoms with Crippen LogP contribution in [-0.4, -0.2) is 5.71 Å². The second kappa shape index (κ2) is 2.19. The van der Waals surface area contributed by atoms with Crippen molar-refractivity contribution in [1.82, 2.24) is 0 Å². The average molecular weight is 162 g/mol. The Bertz CT molecular complexity index is 430. The zero-order chi connectivity index (χ0) is 11.3. The molecule has 2 rings (SSSR count). The van der Waals surface area contributed by atoms with Gasteiger partial charge in [0.05, 0.1) is 5.69 Å². The van der Waals surface area contributed by atoms with Gasteiger partial charge < -0.3 is 0 Å². The van der Waals surface area contributed by atoms with Crippen LogP contribution in [-0.2, 0) is 5.41 Å². The molecule has 0 aliphatic carbocycles. The molecule has 1 aliphatic heterocycles. The molecule has 1 aromatic carbocycles. The molecule has 0 unspecified atom stereocenters. The fourth-order valence-corrected chi connectivity index (χ4v) is 1.49. The number of para-hydroxylation sites is 1. The van der Waals surface area contributed by atoms with Crippen LogP contribution in [0.5, 0.6) is 0 Å². The minimum Gasteiger partial charge on any atom is -0.257 e. The monoisotopic (exact) mass is 162 g/mol. The summed E-state index contributed by atoms with van der Waals surface area (Å²) in [6.07, 6.45) is 0. The van der Waals surface area contributed by atoms with Crippen molar-refractivity contribution in [1.29, 1.82) is 0 Å². The number of nitrogens with zero attached hydrogens (tertiary/aromatic N) is 1. The molecular weight excluding hydrogens is 146 g/mol. The van der Waals surface area contributed by atoms with Gasteiger partial charge in [-0.3, -0.25) is 4.99 Å². The second-order valence-electron chi connectivity index (χ2n) is 3.60. The molecular formula is C11H13N. The highest BCUT2D eigenvalue weighted by Crippen LogP contribution is 2.39. The number of hydrogen-bond acceptors (Lipinski definition) is 1. The lowest BCUT2D eigenvalue weighted by molar-refractivity contribution is 0.733. The van der Waals surface area contributed by atoms with E-state index in [0.717, 1.165) is 11.3 Å². The Balaban J connectivity index is 2.59. The Labute approximate surface area is 77.4 Å². The summed E-state index contributed by atoms with van der Waals surface area (Å²) in [5.74, 6) is 0. The van der Waals surface area contributed by atoms with Crippen LogP contribution in [0, 0.1) is 0 Å². The minimum atomic E-state index is -2.11. The molecule has 1 nitrogen and oxygen atoms in total. The van der Waals surface area contributed by atoms with Gasteiger partial charge in [0.15, 0.2) is 0 Å². The van der Waals surface area contributed by atoms with Crippen molar-refractivity contribution in [2.24, 2.45) is 4.99 Å². The van der Waals surface area contributed by atoms with Gasteiger partial charge in [0, 0.05) is 15.2 Å². The van der Waals surface area contributed by atoms with Crippen LogP contribution >= 0.6 is 0 Å². The first kappa shape index (κ1) is 4.80. The van der Waals surface area contributed by atoms with Crippen molar-refractivity contribution in [2.75, 3.05) is 0 Å². The van der Waals surface area contributed by atoms with Crippen LogP contribution in [0.3, 0.4) is 0 Å². The predicted molar refractivity (Wildman–Crippen MR) is 52.2 cm³/mol. The van der Waals surface area contributed by atoms with Crippen molar-refractivity contribution >= 4 is 11.4 Å². The normalized spacial score (nSPS) is 23.5. The third kappa shape index (κ3) is 0.826. The Morgan fingerprint density at radius 2 is 2.08 bits per heavy atom. The number of rotatable bonds is 0. The molecule has 12 heavy (non-hydrogen) atoms. The van der Waals surface area contributed by atoms with Crippen LogP contribution in [0.15, 0.2) is 29.3 Å². The molecule has 0 saturated carbocycles. The number of fused-ring (bicyclic) bond motifs is 1. The molecule has 1 aromatic rings. The molecule has 0 amide bonds. The summed E-state index contributed by atoms with van der Waals surface area (Å²) in [6, 6.07) is 7.59. The molecule has 0 saturated heterocycles. The molecule has 0 radical (unpaired) electrons. The predicted octanol–water partition coefficient (Wildman–Crippen LogP) is 3.07. The molecule has 0 atom stereocenters. The lowest BCUT2D eigenvalue weighted by Crippen LogP contribution is -2.22. The zero-order valence-corrected chi connectivity index (χ0v) is 7.26. The van der Waals surface area contributed by atoms with E-state index >= 15 is 0 Å². The Morgan fingerprint density at radius 3 is 2.75 bits per heavy atom. The molecule has 62 valence electrons. The largest absolute Gasteiger partial charge is 0.257 e. The third-order valence-corrected chi connectivity index (χ3v) is 2.40. The van der Waals surface area contributed by atoms with E-state index in [4.69, 9.17) is 4.11 Å². The summed E-state index contributed by atoms with van der Waals surface area (Å²) in [5.41, 5.74) is 1.59. The van der Waals surface area contributed by atoms with Crippen molar-refractivity contribution < 1.29 is 4.11 Å². The maximum Gasteiger partial charge on any atom is 0.0670 e. The van der Waals surface area contributed by atoms with Crippen molar-refractivity contribution in [3.8, 4) is 0 Å². The average Bonchev–Trinajstić information content (AvgIpc) is 2.39. The highest BCUT2D eigenvalue weighted by atomic mass is 14.8. The van der Waals surface area contributed by atoms with Crippen LogP contribution in [0.1, 0.15) is 30.4 Å². The van der Waals surface area contributed by atoms with E-state index in [1.54, 1.807) is 0 Å². The van der Waals surface area contributed by atoms with E-state index in [1.165, 1.54) is 0 Å². The third-order valence-electron chi connectivity index (χ3n) is 2.40. The Hall–Kier alpha value is -1.11. The van der Waals surface area contributed by atoms with Crippen LogP contribution in [0.4, 0.5) is 5.69 Å². The minimum absolute atomic E-state index is 0.288. The van der Waals surface area contributed by atoms with Gasteiger partial charge in [0.1, 0.15) is 0 Å². The van der Waals surface area contributed by atoms with Gasteiger partial charge >= 0.3 is 0 Å². The van der Waals surface area contributed by atoms with Gasteiger partial charge in [-0.05, 0) is 18.5 Å². The molecule has 0 N–H and O–H groups in total. The first-order valence-electron chi connectivity index (χ1n) is 5.52. The molecule has 0 fully saturated rings. The maximum absolute atomic E-state index is 7.46. The number of hydrogen-bond donors (Lipinski definition) is 0. The fraction of sp³-hybridized carbons (Fsp3) is 0.364. The lowest BCUT2D eigenvalue weighted by Gasteiger charge is -2.19. The first-order valence-corrected chi connectivity index (χ1v) is 4.02. The number of benzene rings is 1. The van der Waals surface area contributed by atoms with Crippen LogP contribution < -0.4 is 0 Å². The Morgan fingerprint density at radius 1 is 1.33 bits per heavy atom. The van der Waals surface area contributed by atoms with Gasteiger partial charge in [-0.1, -0.05) is 32.0 Å². The summed E-state index contributed by atoms with van der Waals surface area (Å²) in [7, 11) is 0. The standard InChI is InChI=1S/C11H13N/c1-8-11(2,3)9-6-4-5-7-10(9)12-8/h4-7H,1-3H3/i1D3. The van der Waals surface area contributed by atoms with Crippen molar-refractivity contribution in [3.63, 3.8) is 0 Å². The Kier molecular flexibility index (Phi) is 0.877. The highest BCUT2D eigenvalue weighted by Gasteiger charge is 2.31. The summed E-state index contributed by atoms with van der Waals surface area (Å²) in [4.78, 5) is 4.23. The zero-order valence-electron chi connectivity index (χ0n) is 10.3. The summed E-state index contributed by atoms with van der Waals surface area (Å²) >= 11 is 0. The van der Waals surface area contributed by atoms with Gasteiger partial charge in [-0.15, -0.1) is 0 Å². The highest BCUT2D eigenvalue weighted by molar-refractivity contribution is 5.99. The van der Waals surface area contributed by atoms with E-state index in [9.17, 15) is 0 Å². The van der Waals surface area contributed by atoms with Gasteiger partial charge in [0.2, 0.25) is 0 Å². The SMILES string of the molecule is [2H]C([2H])([2H])C1=Nc2ccccc2C1(C)C. The smallest absolute Gasteiger partial charge is 0.0670 e. The topological polar surface area (TPSA) is 12.4 Å². The molecule has 1 aliphatic rings. The maximum atomic E-state index is 7.46. The summed E-state index contributed by atoms with van der Waals surface area (Å²) in [6.45, 7) is 1.70. The fourth-order valence-electron chi connectivity index (χ4n) is 1.49. The molecule has 1 heteroatoms. The van der Waals surface area contributed by atoms with E-state index < -0.39 is 12.3 Å². The van der Waals surface area contributed by atoms with E-state index in [2.05, 4.69) is 4.99 Å². The lowest BCUT2D eigenvalue weighted by atomic mass is 9.82. The number of aliphatic imine (C=N–C) groups is 1.